The molecule has 0 spiro atoms. The molecule has 126 valence electrons. The lowest BCUT2D eigenvalue weighted by Gasteiger charge is -2.26. The third kappa shape index (κ3) is 5.21. The van der Waals surface area contributed by atoms with Gasteiger partial charge in [-0.05, 0) is 50.3 Å². The van der Waals surface area contributed by atoms with Crippen molar-refractivity contribution in [3.8, 4) is 11.8 Å². The summed E-state index contributed by atoms with van der Waals surface area (Å²) in [7, 11) is 0. The number of likely N-dealkylation sites (tertiary alicyclic amines) is 1. The van der Waals surface area contributed by atoms with E-state index in [1.165, 1.54) is 6.42 Å². The topological polar surface area (TPSA) is 59.7 Å². The number of hydrogen-bond acceptors (Lipinski definition) is 5. The minimum absolute atomic E-state index is 0.276. The molecule has 1 aliphatic rings. The molecule has 2 unspecified atom stereocenters. The smallest absolute Gasteiger partial charge is 0.119 e. The Morgan fingerprint density at radius 2 is 2.04 bits per heavy atom. The molecule has 1 aliphatic heterocycles. The third-order valence-electron chi connectivity index (χ3n) is 4.47. The fraction of sp³-hybridized carbons (Fsp3) is 0.611. The largest absolute Gasteiger partial charge is 0.491 e. The molecule has 5 heteroatoms. The van der Waals surface area contributed by atoms with Gasteiger partial charge in [0.25, 0.3) is 0 Å². The van der Waals surface area contributed by atoms with Gasteiger partial charge in [-0.15, -0.1) is 0 Å². The van der Waals surface area contributed by atoms with E-state index in [4.69, 9.17) is 10.00 Å². The van der Waals surface area contributed by atoms with E-state index in [0.717, 1.165) is 26.2 Å². The molecule has 23 heavy (non-hydrogen) atoms. The quantitative estimate of drug-likeness (QED) is 0.791. The van der Waals surface area contributed by atoms with Crippen LogP contribution in [0.15, 0.2) is 24.3 Å². The number of nitrogens with zero attached hydrogens (tertiary/aromatic N) is 3. The van der Waals surface area contributed by atoms with Crippen molar-refractivity contribution in [1.29, 1.82) is 5.26 Å². The van der Waals surface area contributed by atoms with E-state index < -0.39 is 6.10 Å². The van der Waals surface area contributed by atoms with Crippen LogP contribution in [-0.4, -0.2) is 66.4 Å². The minimum atomic E-state index is -0.499. The van der Waals surface area contributed by atoms with Crippen LogP contribution in [0.1, 0.15) is 25.8 Å². The van der Waals surface area contributed by atoms with Gasteiger partial charge in [0.05, 0.1) is 11.6 Å². The van der Waals surface area contributed by atoms with Gasteiger partial charge in [-0.1, -0.05) is 13.8 Å². The first-order valence-corrected chi connectivity index (χ1v) is 8.43. The van der Waals surface area contributed by atoms with Gasteiger partial charge in [-0.25, -0.2) is 0 Å². The van der Waals surface area contributed by atoms with Gasteiger partial charge in [-0.2, -0.15) is 5.26 Å². The second-order valence-corrected chi connectivity index (χ2v) is 6.02. The molecule has 0 aromatic heterocycles. The van der Waals surface area contributed by atoms with E-state index in [1.807, 2.05) is 0 Å². The Morgan fingerprint density at radius 1 is 1.35 bits per heavy atom. The normalized spacial score (nSPS) is 19.7. The van der Waals surface area contributed by atoms with Crippen LogP contribution in [0, 0.1) is 11.3 Å². The zero-order valence-electron chi connectivity index (χ0n) is 14.1. The maximum absolute atomic E-state index is 10.2. The van der Waals surface area contributed by atoms with Gasteiger partial charge >= 0.3 is 0 Å². The van der Waals surface area contributed by atoms with Crippen LogP contribution < -0.4 is 4.74 Å². The molecule has 2 rings (SSSR count). The van der Waals surface area contributed by atoms with Crippen molar-refractivity contribution >= 4 is 0 Å². The second kappa shape index (κ2) is 8.88. The summed E-state index contributed by atoms with van der Waals surface area (Å²) >= 11 is 0. The number of nitriles is 1. The molecule has 1 aromatic carbocycles. The molecule has 1 fully saturated rings. The monoisotopic (exact) mass is 317 g/mol. The number of aliphatic hydroxyl groups excluding tert-OH is 1. The van der Waals surface area contributed by atoms with Crippen LogP contribution in [0.4, 0.5) is 0 Å². The summed E-state index contributed by atoms with van der Waals surface area (Å²) in [6.45, 7) is 9.55. The zero-order valence-corrected chi connectivity index (χ0v) is 14.1. The number of ether oxygens (including phenoxy) is 1. The minimum Gasteiger partial charge on any atom is -0.491 e. The van der Waals surface area contributed by atoms with Crippen LogP contribution in [0.3, 0.4) is 0 Å². The average molecular weight is 317 g/mol. The fourth-order valence-electron chi connectivity index (χ4n) is 3.18. The summed E-state index contributed by atoms with van der Waals surface area (Å²) in [6.07, 6.45) is 0.673. The lowest BCUT2D eigenvalue weighted by molar-refractivity contribution is 0.0729. The third-order valence-corrected chi connectivity index (χ3v) is 4.47. The van der Waals surface area contributed by atoms with Gasteiger partial charge in [0.2, 0.25) is 0 Å². The first-order valence-electron chi connectivity index (χ1n) is 8.43. The van der Waals surface area contributed by atoms with Crippen molar-refractivity contribution in [2.45, 2.75) is 32.4 Å². The molecule has 1 N–H and O–H groups in total. The molecule has 1 aromatic rings. The molecule has 0 amide bonds. The van der Waals surface area contributed by atoms with E-state index in [2.05, 4.69) is 29.7 Å². The predicted octanol–water partition coefficient (Wildman–Crippen LogP) is 1.71. The molecule has 0 bridgehead atoms. The average Bonchev–Trinajstić information content (AvgIpc) is 3.03. The molecular weight excluding hydrogens is 290 g/mol. The summed E-state index contributed by atoms with van der Waals surface area (Å²) in [6, 6.07) is 9.64. The highest BCUT2D eigenvalue weighted by Crippen LogP contribution is 2.16. The second-order valence-electron chi connectivity index (χ2n) is 6.02. The molecule has 2 atom stereocenters. The first-order chi connectivity index (χ1) is 11.2. The van der Waals surface area contributed by atoms with Crippen molar-refractivity contribution < 1.29 is 9.84 Å². The molecule has 0 radical (unpaired) electrons. The van der Waals surface area contributed by atoms with Gasteiger partial charge in [0.15, 0.2) is 0 Å². The Bertz CT molecular complexity index is 508. The standard InChI is InChI=1S/C18H27N3O2/c1-3-21(4-2)16-9-10-20(12-16)13-17(22)14-23-18-7-5-15(11-19)6-8-18/h5-8,16-17,22H,3-4,9-10,12-14H2,1-2H3. The van der Waals surface area contributed by atoms with Crippen LogP contribution in [-0.2, 0) is 0 Å². The lowest BCUT2D eigenvalue weighted by Crippen LogP contribution is -2.39. The molecule has 1 saturated heterocycles. The van der Waals surface area contributed by atoms with E-state index >= 15 is 0 Å². The number of benzene rings is 1. The van der Waals surface area contributed by atoms with Gasteiger partial charge < -0.3 is 9.84 Å². The van der Waals surface area contributed by atoms with E-state index in [0.29, 0.717) is 23.9 Å². The highest BCUT2D eigenvalue weighted by atomic mass is 16.5. The summed E-state index contributed by atoms with van der Waals surface area (Å²) in [5, 5.41) is 18.9. The summed E-state index contributed by atoms with van der Waals surface area (Å²) < 4.78 is 5.60. The molecular formula is C18H27N3O2. The number of rotatable bonds is 8. The van der Waals surface area contributed by atoms with Gasteiger partial charge in [-0.3, -0.25) is 9.80 Å². The van der Waals surface area contributed by atoms with Gasteiger partial charge in [0.1, 0.15) is 18.5 Å². The number of β-amino-alcohol motifs (C(OH)–C–C–N with tert-alkyl or cyclic N) is 1. The number of aliphatic hydroxyl groups is 1. The highest BCUT2D eigenvalue weighted by Gasteiger charge is 2.27. The molecule has 5 nitrogen and oxygen atoms in total. The Kier molecular flexibility index (Phi) is 6.85. The SMILES string of the molecule is CCN(CC)C1CCN(CC(O)COc2ccc(C#N)cc2)C1. The number of hydrogen-bond donors (Lipinski definition) is 1. The number of likely N-dealkylation sites (N-methyl/N-ethyl adjacent to an activating group) is 1. The van der Waals surface area contributed by atoms with E-state index in [-0.39, 0.29) is 6.61 Å². The van der Waals surface area contributed by atoms with Crippen molar-refractivity contribution in [2.75, 3.05) is 39.3 Å². The Hall–Kier alpha value is -1.61. The molecule has 0 saturated carbocycles. The van der Waals surface area contributed by atoms with E-state index in [9.17, 15) is 5.11 Å². The van der Waals surface area contributed by atoms with Crippen molar-refractivity contribution in [2.24, 2.45) is 0 Å². The Morgan fingerprint density at radius 3 is 2.65 bits per heavy atom. The lowest BCUT2D eigenvalue weighted by atomic mass is 10.2. The predicted molar refractivity (Wildman–Crippen MR) is 90.4 cm³/mol. The van der Waals surface area contributed by atoms with Crippen molar-refractivity contribution in [3.05, 3.63) is 29.8 Å². The molecule has 0 aliphatic carbocycles. The Labute approximate surface area is 139 Å². The van der Waals surface area contributed by atoms with Crippen LogP contribution >= 0.6 is 0 Å². The summed E-state index contributed by atoms with van der Waals surface area (Å²) in [5.41, 5.74) is 0.609. The zero-order chi connectivity index (χ0) is 16.7. The van der Waals surface area contributed by atoms with Crippen molar-refractivity contribution in [1.82, 2.24) is 9.80 Å². The maximum atomic E-state index is 10.2. The summed E-state index contributed by atoms with van der Waals surface area (Å²) in [4.78, 5) is 4.80. The van der Waals surface area contributed by atoms with Crippen LogP contribution in [0.5, 0.6) is 5.75 Å². The van der Waals surface area contributed by atoms with E-state index in [1.54, 1.807) is 24.3 Å². The van der Waals surface area contributed by atoms with Crippen LogP contribution in [0.2, 0.25) is 0 Å². The summed E-state index contributed by atoms with van der Waals surface area (Å²) in [5.74, 6) is 0.686. The Balaban J connectivity index is 1.72. The molecule has 1 heterocycles. The first kappa shape index (κ1) is 17.7. The van der Waals surface area contributed by atoms with Crippen molar-refractivity contribution in [3.63, 3.8) is 0 Å². The van der Waals surface area contributed by atoms with Crippen LogP contribution in [0.25, 0.3) is 0 Å². The highest BCUT2D eigenvalue weighted by molar-refractivity contribution is 5.34. The fourth-order valence-corrected chi connectivity index (χ4v) is 3.18. The maximum Gasteiger partial charge on any atom is 0.119 e. The van der Waals surface area contributed by atoms with Gasteiger partial charge in [0, 0.05) is 19.1 Å².